The molecule has 2 aliphatic heterocycles. The van der Waals surface area contributed by atoms with Crippen LogP contribution in [0, 0.1) is 5.92 Å². The van der Waals surface area contributed by atoms with Crippen molar-refractivity contribution in [2.45, 2.75) is 56.0 Å². The Hall–Kier alpha value is -1.93. The van der Waals surface area contributed by atoms with Crippen molar-refractivity contribution in [1.29, 1.82) is 0 Å². The first-order valence-corrected chi connectivity index (χ1v) is 13.0. The van der Waals surface area contributed by atoms with Gasteiger partial charge in [-0.25, -0.2) is 14.6 Å². The van der Waals surface area contributed by atoms with Gasteiger partial charge in [0.15, 0.2) is 5.15 Å². The minimum Gasteiger partial charge on any atom is -0.377 e. The molecule has 2 aromatic heterocycles. The summed E-state index contributed by atoms with van der Waals surface area (Å²) in [4.78, 5) is 11.9. The zero-order valence-corrected chi connectivity index (χ0v) is 20.7. The van der Waals surface area contributed by atoms with Gasteiger partial charge in [0, 0.05) is 16.6 Å². The van der Waals surface area contributed by atoms with Gasteiger partial charge in [-0.2, -0.15) is 5.10 Å². The van der Waals surface area contributed by atoms with Crippen LogP contribution in [0.1, 0.15) is 50.5 Å². The van der Waals surface area contributed by atoms with Crippen LogP contribution in [0.4, 0.5) is 11.6 Å². The van der Waals surface area contributed by atoms with Crippen molar-refractivity contribution in [1.82, 2.24) is 24.6 Å². The molecule has 7 nitrogen and oxygen atoms in total. The molecule has 9 heteroatoms. The van der Waals surface area contributed by atoms with Crippen LogP contribution in [0.15, 0.2) is 24.5 Å². The highest BCUT2D eigenvalue weighted by Crippen LogP contribution is 2.63. The van der Waals surface area contributed by atoms with Crippen LogP contribution < -0.4 is 5.32 Å². The summed E-state index contributed by atoms with van der Waals surface area (Å²) in [5.41, 5.74) is 3.18. The fraction of sp³-hybridized carbons (Fsp3) is 0.560. The van der Waals surface area contributed by atoms with E-state index >= 15 is 0 Å². The van der Waals surface area contributed by atoms with Gasteiger partial charge in [-0.1, -0.05) is 23.2 Å². The molecule has 0 atom stereocenters. The van der Waals surface area contributed by atoms with Gasteiger partial charge in [-0.3, -0.25) is 4.90 Å². The van der Waals surface area contributed by atoms with E-state index in [0.717, 1.165) is 66.7 Å². The second-order valence-electron chi connectivity index (χ2n) is 11.0. The summed E-state index contributed by atoms with van der Waals surface area (Å²) < 4.78 is 7.45. The number of likely N-dealkylation sites (tertiary alicyclic amines) is 1. The highest BCUT2D eigenvalue weighted by Gasteiger charge is 2.59. The Morgan fingerprint density at radius 1 is 1.09 bits per heavy atom. The summed E-state index contributed by atoms with van der Waals surface area (Å²) in [5.74, 6) is 1.82. The van der Waals surface area contributed by atoms with E-state index < -0.39 is 0 Å². The van der Waals surface area contributed by atoms with Crippen molar-refractivity contribution in [3.63, 3.8) is 0 Å². The third-order valence-corrected chi connectivity index (χ3v) is 9.33. The van der Waals surface area contributed by atoms with Crippen molar-refractivity contribution >= 4 is 45.7 Å². The van der Waals surface area contributed by atoms with E-state index in [4.69, 9.17) is 32.9 Å². The SMILES string of the molecule is CC1(N2CCC(c3cc4nc(Nc5cnn(C67CC(C6)C7)c5Cl)ncc4cc3Cl)CC2)COC1. The predicted molar refractivity (Wildman–Crippen MR) is 133 cm³/mol. The van der Waals surface area contributed by atoms with Gasteiger partial charge in [0.25, 0.3) is 0 Å². The van der Waals surface area contributed by atoms with E-state index in [0.29, 0.717) is 17.0 Å². The second kappa shape index (κ2) is 7.53. The Morgan fingerprint density at radius 3 is 2.50 bits per heavy atom. The van der Waals surface area contributed by atoms with Crippen LogP contribution in [0.25, 0.3) is 10.9 Å². The van der Waals surface area contributed by atoms with Crippen molar-refractivity contribution in [3.8, 4) is 0 Å². The van der Waals surface area contributed by atoms with Gasteiger partial charge >= 0.3 is 0 Å². The standard InChI is InChI=1S/C25H28Cl2N6O/c1-24(13-34-14-24)32-4-2-16(3-5-32)18-7-20-17(6-19(18)26)11-28-23(30-20)31-21-12-29-33(22(21)27)25-8-15(9-25)10-25/h6-7,11-12,15-16H,2-5,8-10,13-14H2,1H3,(H,28,30,31). The number of benzene rings is 1. The Bertz CT molecular complexity index is 1260. The van der Waals surface area contributed by atoms with E-state index in [1.54, 1.807) is 6.20 Å². The molecule has 1 aromatic carbocycles. The third kappa shape index (κ3) is 3.20. The van der Waals surface area contributed by atoms with Gasteiger partial charge in [-0.15, -0.1) is 0 Å². The molecular formula is C25H28Cl2N6O. The number of hydrogen-bond donors (Lipinski definition) is 1. The van der Waals surface area contributed by atoms with Gasteiger partial charge in [0.2, 0.25) is 5.95 Å². The van der Waals surface area contributed by atoms with Crippen molar-refractivity contribution < 1.29 is 4.74 Å². The molecule has 3 saturated carbocycles. The Labute approximate surface area is 208 Å². The van der Waals surface area contributed by atoms with Crippen molar-refractivity contribution in [2.75, 3.05) is 31.6 Å². The number of hydrogen-bond acceptors (Lipinski definition) is 6. The number of nitrogens with zero attached hydrogens (tertiary/aromatic N) is 5. The maximum atomic E-state index is 6.73. The Balaban J connectivity index is 1.11. The lowest BCUT2D eigenvalue weighted by atomic mass is 9.50. The molecule has 4 heterocycles. The third-order valence-electron chi connectivity index (χ3n) is 8.63. The van der Waals surface area contributed by atoms with E-state index in [2.05, 4.69) is 33.3 Å². The lowest BCUT2D eigenvalue weighted by molar-refractivity contribution is -0.136. The zero-order valence-electron chi connectivity index (χ0n) is 19.2. The smallest absolute Gasteiger partial charge is 0.227 e. The van der Waals surface area contributed by atoms with Crippen LogP contribution in [0.2, 0.25) is 10.2 Å². The van der Waals surface area contributed by atoms with E-state index in [1.165, 1.54) is 24.8 Å². The molecule has 3 aliphatic carbocycles. The monoisotopic (exact) mass is 498 g/mol. The Morgan fingerprint density at radius 2 is 1.85 bits per heavy atom. The lowest BCUT2D eigenvalue weighted by Crippen LogP contribution is -2.61. The minimum absolute atomic E-state index is 0.149. The van der Waals surface area contributed by atoms with Gasteiger partial charge < -0.3 is 10.1 Å². The van der Waals surface area contributed by atoms with Crippen LogP contribution in [-0.2, 0) is 10.3 Å². The van der Waals surface area contributed by atoms with Gasteiger partial charge in [0.05, 0.1) is 41.7 Å². The molecule has 1 N–H and O–H groups in total. The van der Waals surface area contributed by atoms with E-state index in [9.17, 15) is 0 Å². The summed E-state index contributed by atoms with van der Waals surface area (Å²) in [6, 6.07) is 4.14. The molecule has 2 saturated heterocycles. The number of halogens is 2. The average molecular weight is 499 g/mol. The molecular weight excluding hydrogens is 471 g/mol. The van der Waals surface area contributed by atoms with Crippen LogP contribution in [-0.4, -0.2) is 56.5 Å². The van der Waals surface area contributed by atoms with Crippen molar-refractivity contribution in [2.24, 2.45) is 5.92 Å². The molecule has 2 bridgehead atoms. The molecule has 34 heavy (non-hydrogen) atoms. The minimum atomic E-state index is 0.149. The largest absolute Gasteiger partial charge is 0.377 e. The molecule has 0 unspecified atom stereocenters. The van der Waals surface area contributed by atoms with Gasteiger partial charge in [-0.05, 0) is 81.6 Å². The Kier molecular flexibility index (Phi) is 4.73. The number of aromatic nitrogens is 4. The van der Waals surface area contributed by atoms with Gasteiger partial charge in [0.1, 0.15) is 0 Å². The highest BCUT2D eigenvalue weighted by molar-refractivity contribution is 6.32. The maximum Gasteiger partial charge on any atom is 0.227 e. The number of fused-ring (bicyclic) bond motifs is 1. The number of rotatable bonds is 5. The lowest BCUT2D eigenvalue weighted by Gasteiger charge is -2.61. The fourth-order valence-corrected chi connectivity index (χ4v) is 6.96. The second-order valence-corrected chi connectivity index (χ2v) is 11.7. The first-order valence-electron chi connectivity index (χ1n) is 12.2. The fourth-order valence-electron chi connectivity index (χ4n) is 6.31. The first-order chi connectivity index (χ1) is 16.4. The van der Waals surface area contributed by atoms with Crippen LogP contribution in [0.5, 0.6) is 0 Å². The molecule has 178 valence electrons. The predicted octanol–water partition coefficient (Wildman–Crippen LogP) is 5.35. The number of ether oxygens (including phenoxy) is 1. The summed E-state index contributed by atoms with van der Waals surface area (Å²) >= 11 is 13.4. The molecule has 0 spiro atoms. The molecule has 8 rings (SSSR count). The van der Waals surface area contributed by atoms with Crippen molar-refractivity contribution in [3.05, 3.63) is 40.3 Å². The number of nitrogens with one attached hydrogen (secondary N) is 1. The average Bonchev–Trinajstić information content (AvgIpc) is 3.10. The molecule has 3 aromatic rings. The molecule has 5 aliphatic rings. The molecule has 5 fully saturated rings. The van der Waals surface area contributed by atoms with E-state index in [1.807, 2.05) is 16.9 Å². The molecule has 0 amide bonds. The van der Waals surface area contributed by atoms with E-state index in [-0.39, 0.29) is 11.1 Å². The molecule has 0 radical (unpaired) electrons. The summed E-state index contributed by atoms with van der Waals surface area (Å²) in [5, 5.41) is 10.2. The van der Waals surface area contributed by atoms with Crippen LogP contribution >= 0.6 is 23.2 Å². The van der Waals surface area contributed by atoms with Crippen LogP contribution in [0.3, 0.4) is 0 Å². The number of anilines is 2. The maximum absolute atomic E-state index is 6.73. The normalized spacial score (nSPS) is 28.3. The highest BCUT2D eigenvalue weighted by atomic mass is 35.5. The number of piperidine rings is 1. The quantitative estimate of drug-likeness (QED) is 0.510. The summed E-state index contributed by atoms with van der Waals surface area (Å²) in [6.45, 7) is 6.12. The first kappa shape index (κ1) is 21.4. The topological polar surface area (TPSA) is 68.1 Å². The summed E-state index contributed by atoms with van der Waals surface area (Å²) in [6.07, 6.45) is 9.36. The summed E-state index contributed by atoms with van der Waals surface area (Å²) in [7, 11) is 0. The zero-order chi connectivity index (χ0) is 23.1.